The highest BCUT2D eigenvalue weighted by Crippen LogP contribution is 2.51. The summed E-state index contributed by atoms with van der Waals surface area (Å²) in [6, 6.07) is 11.1. The number of ether oxygens (including phenoxy) is 10. The van der Waals surface area contributed by atoms with Crippen LogP contribution in [0, 0.1) is 0 Å². The summed E-state index contributed by atoms with van der Waals surface area (Å²) in [6.45, 7) is 1.66. The predicted molar refractivity (Wildman–Crippen MR) is 482 cm³/mol. The maximum atomic E-state index is 17.2. The summed E-state index contributed by atoms with van der Waals surface area (Å²) in [5.74, 6) is -19.2. The molecule has 6 amide bonds. The summed E-state index contributed by atoms with van der Waals surface area (Å²) in [6.07, 6.45) is -21.8. The predicted octanol–water partition coefficient (Wildman–Crippen LogP) is 5.83. The van der Waals surface area contributed by atoms with Crippen molar-refractivity contribution in [1.29, 1.82) is 0 Å². The average Bonchev–Trinajstić information content (AvgIpc) is 0.761. The molecule has 22 atom stereocenters. The van der Waals surface area contributed by atoms with Gasteiger partial charge in [0.2, 0.25) is 53.8 Å². The number of Topliss-reactive ketones (excluding diaryl/α,β-unsaturated/α-hetero) is 2. The van der Waals surface area contributed by atoms with Crippen molar-refractivity contribution >= 4 is 76.2 Å². The Morgan fingerprint density at radius 2 is 1.08 bits per heavy atom. The Morgan fingerprint density at radius 1 is 0.496 bits per heavy atom. The van der Waals surface area contributed by atoms with E-state index in [1.165, 1.54) is 66.7 Å². The second kappa shape index (κ2) is 44.9. The number of unbranched alkanes of at least 4 members (excludes halogenated alkanes) is 9. The van der Waals surface area contributed by atoms with Crippen LogP contribution in [0.3, 0.4) is 0 Å². The average molecular weight is 1950 g/mol. The van der Waals surface area contributed by atoms with Gasteiger partial charge in [-0.2, -0.15) is 0 Å². The number of nitrogens with two attached hydrogens (primary N) is 1. The van der Waals surface area contributed by atoms with Crippen molar-refractivity contribution in [2.45, 2.75) is 264 Å². The van der Waals surface area contributed by atoms with Crippen LogP contribution in [0.2, 0.25) is 10.0 Å². The number of halogens is 2. The van der Waals surface area contributed by atoms with Gasteiger partial charge in [0.25, 0.3) is 0 Å². The van der Waals surface area contributed by atoms with Crippen LogP contribution in [0.25, 0.3) is 11.1 Å². The highest BCUT2D eigenvalue weighted by Gasteiger charge is 2.52. The number of esters is 1. The van der Waals surface area contributed by atoms with E-state index in [4.69, 9.17) is 76.3 Å². The Kier molecular flexibility index (Phi) is 33.2. The van der Waals surface area contributed by atoms with Crippen LogP contribution in [0.5, 0.6) is 69.0 Å². The molecule has 41 heteroatoms. The van der Waals surface area contributed by atoms with Crippen molar-refractivity contribution in [1.82, 2.24) is 31.9 Å². The van der Waals surface area contributed by atoms with Crippen LogP contribution in [0.4, 0.5) is 0 Å². The van der Waals surface area contributed by atoms with Crippen LogP contribution in [0.15, 0.2) is 115 Å². The van der Waals surface area contributed by atoms with Gasteiger partial charge in [-0.1, -0.05) is 119 Å². The number of carbonyl (C=O) groups excluding carboxylic acids is 9. The molecule has 0 saturated carbocycles. The molecule has 3 saturated heterocycles. The molecule has 736 valence electrons. The van der Waals surface area contributed by atoms with Crippen molar-refractivity contribution in [2.24, 2.45) is 5.73 Å². The van der Waals surface area contributed by atoms with E-state index in [2.05, 4.69) is 31.9 Å². The Hall–Kier alpha value is -11.6. The van der Waals surface area contributed by atoms with Crippen molar-refractivity contribution in [3.63, 3.8) is 0 Å². The van der Waals surface area contributed by atoms with Crippen molar-refractivity contribution < 1.29 is 157 Å². The third-order valence-corrected chi connectivity index (χ3v) is 25.8. The smallest absolute Gasteiger partial charge is 0.305 e. The number of aliphatic hydroxyl groups excluding tert-OH is 9. The molecule has 0 aromatic heterocycles. The lowest BCUT2D eigenvalue weighted by atomic mass is 9.85. The van der Waals surface area contributed by atoms with Gasteiger partial charge < -0.3 is 151 Å². The Balaban J connectivity index is 1.02. The standard InChI is InChI=1S/C96H111Cl2N7O32/c1-4-6-8-10-12-13-15-73(115)103-79-85(121)83(119)72(42-128-74(116)16-14-11-9-7-5-2)135-95(79)137-89-68-33-49-34-69(89)131-65-24-20-47(31-58(65)98)88(136-94-78(101-43(3)108)84(120)81(117)70(40-106)133-94)80-93(127)100-39-50-28-52(110)36-67(132-96-87(123)86(122)82(118)71(41-107)134-96)75(50)56-30-45(18-21-60(56)111)54(90(124)105-80)38-63(114)77(49)104-91(125)55-37-62(113)59(26-44-17-23-64(130-68)57(97)25-44)102-92(126)76(99)46-19-22-61(112)66(32-46)129-53-29-48(55)27-51(109)35-53/h17-25,27-36,54-55,59,70-72,76-88,94-96,106-107,109-112,117-123H,4-16,26,37-42,99H2,1-3H3,(H,100,127)(H,101,108)(H,102,126)(H,103,115)(H,104,125)(H,105,124)/t54-,55+,59-,70?,71?,72?,76-,77-,78?,79?,80+,81-,82-,83-,84-,85-,86?,87-,88-,94+,95+,96+/m1/s1. The van der Waals surface area contributed by atoms with Crippen LogP contribution < -0.4 is 61.3 Å². The highest BCUT2D eigenvalue weighted by atomic mass is 35.5. The number of ketones is 2. The Morgan fingerprint density at radius 3 is 1.76 bits per heavy atom. The fourth-order valence-corrected chi connectivity index (χ4v) is 18.2. The molecule has 7 aromatic carbocycles. The first-order valence-electron chi connectivity index (χ1n) is 45.4. The molecule has 17 bridgehead atoms. The number of aliphatic hydroxyl groups is 9. The second-order valence-corrected chi connectivity index (χ2v) is 35.9. The highest BCUT2D eigenvalue weighted by molar-refractivity contribution is 6.32. The minimum Gasteiger partial charge on any atom is -0.508 e. The minimum atomic E-state index is -2.32. The topological polar surface area (TPSA) is 607 Å². The molecule has 9 heterocycles. The summed E-state index contributed by atoms with van der Waals surface area (Å²) >= 11 is 14.9. The molecular weight excluding hydrogens is 1830 g/mol. The minimum absolute atomic E-state index is 0.0458. The van der Waals surface area contributed by atoms with Crippen molar-refractivity contribution in [3.05, 3.63) is 164 Å². The van der Waals surface area contributed by atoms with Gasteiger partial charge in [-0.15, -0.1) is 0 Å². The maximum Gasteiger partial charge on any atom is 0.305 e. The van der Waals surface area contributed by atoms with Gasteiger partial charge in [0, 0.05) is 62.4 Å². The molecule has 21 N–H and O–H groups in total. The number of amides is 6. The SMILES string of the molecule is CCCCCCCCC(=O)NC1[C@H](Oc2c3cc4cc2Oc2ccc(cc2Cl)[C@@H](O[C@@H]2OC(CO)[C@@H](O)[C@H](O)C2NC(C)=O)[C@@H]2NC(=O)[C@H](CC(=O)[C@@H]4NC(=O)[C@H]4CC(=O)[C@@H](Cc5ccc(c(Cl)c5)O3)NC(=O)[C@H](N)c3ccc(O)c(c3)Oc3cc(O)cc4c3)c3ccc(O)c(c3)-c3c(cc(O)cc3O[C@H]3OC(CO)[C@@H](O)C(O)[C@H]3O)CNC2=O)OC(COC(=O)CCCCCCC)[C@@H](O)[C@@H]1O. The van der Waals surface area contributed by atoms with Gasteiger partial charge >= 0.3 is 5.97 Å². The van der Waals surface area contributed by atoms with Gasteiger partial charge in [-0.05, 0) is 137 Å². The number of carbonyl (C=O) groups is 9. The number of rotatable bonds is 25. The number of phenolic OH excluding ortho intramolecular Hbond substituents is 4. The molecule has 16 rings (SSSR count). The summed E-state index contributed by atoms with van der Waals surface area (Å²) in [5.41, 5.74) is 4.98. The molecule has 9 aliphatic heterocycles. The first kappa shape index (κ1) is 101. The molecule has 0 spiro atoms. The van der Waals surface area contributed by atoms with Gasteiger partial charge in [0.05, 0.1) is 41.1 Å². The van der Waals surface area contributed by atoms with Crippen LogP contribution in [-0.2, 0) is 79.8 Å². The van der Waals surface area contributed by atoms with Gasteiger partial charge in [0.15, 0.2) is 40.9 Å². The van der Waals surface area contributed by atoms with E-state index < -0.39 is 295 Å². The first-order valence-corrected chi connectivity index (χ1v) is 46.2. The van der Waals surface area contributed by atoms with Gasteiger partial charge in [0.1, 0.15) is 144 Å². The molecule has 3 fully saturated rings. The Labute approximate surface area is 795 Å². The summed E-state index contributed by atoms with van der Waals surface area (Å²) in [7, 11) is 0. The molecule has 0 aliphatic carbocycles. The number of hydrogen-bond donors (Lipinski definition) is 20. The molecule has 39 nitrogen and oxygen atoms in total. The van der Waals surface area contributed by atoms with Gasteiger partial charge in [-0.3, -0.25) is 43.2 Å². The van der Waals surface area contributed by atoms with Crippen LogP contribution in [0.1, 0.15) is 186 Å². The maximum absolute atomic E-state index is 17.2. The summed E-state index contributed by atoms with van der Waals surface area (Å²) < 4.78 is 64.5. The molecule has 137 heavy (non-hydrogen) atoms. The fourth-order valence-electron chi connectivity index (χ4n) is 17.7. The zero-order valence-electron chi connectivity index (χ0n) is 74.7. The zero-order valence-corrected chi connectivity index (χ0v) is 76.2. The zero-order chi connectivity index (χ0) is 98.1. The Bertz CT molecular complexity index is 5620. The van der Waals surface area contributed by atoms with E-state index >= 15 is 24.0 Å². The van der Waals surface area contributed by atoms with Crippen molar-refractivity contribution in [2.75, 3.05) is 19.8 Å². The number of hydrogen-bond acceptors (Lipinski definition) is 33. The van der Waals surface area contributed by atoms with Crippen LogP contribution >= 0.6 is 23.2 Å². The summed E-state index contributed by atoms with van der Waals surface area (Å²) in [5, 5.41) is 165. The lowest BCUT2D eigenvalue weighted by Crippen LogP contribution is -2.65. The van der Waals surface area contributed by atoms with Crippen molar-refractivity contribution in [3.8, 4) is 80.1 Å². The molecule has 7 aromatic rings. The number of phenols is 4. The monoisotopic (exact) mass is 1940 g/mol. The normalized spacial score (nSPS) is 27.8. The van der Waals surface area contributed by atoms with Gasteiger partial charge in [-0.25, -0.2) is 0 Å². The number of nitrogens with one attached hydrogen (secondary N) is 6. The second-order valence-electron chi connectivity index (χ2n) is 35.1. The number of fused-ring (bicyclic) bond motifs is 14. The van der Waals surface area contributed by atoms with E-state index in [0.717, 1.165) is 100 Å². The number of benzene rings is 7. The van der Waals surface area contributed by atoms with E-state index in [9.17, 15) is 85.6 Å². The van der Waals surface area contributed by atoms with Crippen LogP contribution in [-0.4, -0.2) is 243 Å². The lowest BCUT2D eigenvalue weighted by Gasteiger charge is -2.44. The van der Waals surface area contributed by atoms with E-state index in [-0.39, 0.29) is 79.6 Å². The molecule has 9 aliphatic rings. The van der Waals surface area contributed by atoms with E-state index in [1.807, 2.05) is 13.8 Å². The summed E-state index contributed by atoms with van der Waals surface area (Å²) in [4.78, 5) is 139. The van der Waals surface area contributed by atoms with E-state index in [0.29, 0.717) is 25.7 Å². The quantitative estimate of drug-likeness (QED) is 0.0236. The molecule has 6 unspecified atom stereocenters. The molecule has 0 radical (unpaired) electrons. The fraction of sp³-hybridized carbons (Fsp3) is 0.469. The third-order valence-electron chi connectivity index (χ3n) is 25.2. The first-order chi connectivity index (χ1) is 65.6. The third kappa shape index (κ3) is 23.5. The lowest BCUT2D eigenvalue weighted by molar-refractivity contribution is -0.284. The molecular formula is C96H111Cl2N7O32. The largest absolute Gasteiger partial charge is 0.508 e. The van der Waals surface area contributed by atoms with E-state index in [1.54, 1.807) is 0 Å². The number of aromatic hydroxyl groups is 4.